The molecule has 182 valence electrons. The molecule has 0 saturated carbocycles. The third kappa shape index (κ3) is 6.73. The Labute approximate surface area is 219 Å². The van der Waals surface area contributed by atoms with E-state index in [1.165, 1.54) is 29.5 Å². The minimum atomic E-state index is 0. The molecule has 2 aromatic carbocycles. The molecule has 7 nitrogen and oxygen atoms in total. The van der Waals surface area contributed by atoms with Crippen molar-refractivity contribution in [3.05, 3.63) is 83.7 Å². The number of methoxy groups -OCH3 is 1. The number of benzene rings is 2. The number of rotatable bonds is 9. The molecule has 0 amide bonds. The normalized spacial score (nSPS) is 14.9. The molecule has 1 aliphatic rings. The maximum Gasteiger partial charge on any atom is 0.191 e. The smallest absolute Gasteiger partial charge is 0.191 e. The lowest BCUT2D eigenvalue weighted by molar-refractivity contribution is 0.239. The average molecular weight is 575 g/mol. The lowest BCUT2D eigenvalue weighted by atomic mass is 10.0. The fourth-order valence-electron chi connectivity index (χ4n) is 4.48. The molecule has 0 spiro atoms. The van der Waals surface area contributed by atoms with Crippen LogP contribution in [-0.4, -0.2) is 54.4 Å². The van der Waals surface area contributed by atoms with E-state index in [-0.39, 0.29) is 30.0 Å². The van der Waals surface area contributed by atoms with Crippen molar-refractivity contribution < 1.29 is 4.74 Å². The predicted octanol–water partition coefficient (Wildman–Crippen LogP) is 4.06. The summed E-state index contributed by atoms with van der Waals surface area (Å²) in [4.78, 5) is 7.01. The van der Waals surface area contributed by atoms with Crippen LogP contribution in [0.4, 0.5) is 0 Å². The SMILES string of the molecule is CN=C(NCc1ccccc1Cn1cccn1)NCC(c1ccccc1OC)N1CCCC1.I. The number of para-hydroxylation sites is 1. The van der Waals surface area contributed by atoms with E-state index < -0.39 is 0 Å². The summed E-state index contributed by atoms with van der Waals surface area (Å²) in [5.74, 6) is 1.73. The summed E-state index contributed by atoms with van der Waals surface area (Å²) in [6.07, 6.45) is 6.28. The number of nitrogens with zero attached hydrogens (tertiary/aromatic N) is 4. The van der Waals surface area contributed by atoms with Gasteiger partial charge in [-0.25, -0.2) is 0 Å². The van der Waals surface area contributed by atoms with Gasteiger partial charge in [-0.05, 0) is 49.2 Å². The summed E-state index contributed by atoms with van der Waals surface area (Å²) in [5, 5.41) is 11.4. The standard InChI is InChI=1S/C26H34N6O.HI/c1-27-26(28-18-21-10-3-4-11-22(21)20-32-17-9-14-30-32)29-19-24(31-15-7-8-16-31)23-12-5-6-13-25(23)33-2;/h3-6,9-14,17,24H,7-8,15-16,18-20H2,1-2H3,(H2,27,28,29);1H. The molecule has 2 heterocycles. The van der Waals surface area contributed by atoms with Crippen LogP contribution in [0.15, 0.2) is 72.0 Å². The highest BCUT2D eigenvalue weighted by atomic mass is 127. The lowest BCUT2D eigenvalue weighted by Gasteiger charge is -2.30. The first-order valence-corrected chi connectivity index (χ1v) is 11.6. The van der Waals surface area contributed by atoms with Crippen LogP contribution in [0.5, 0.6) is 5.75 Å². The zero-order chi connectivity index (χ0) is 22.9. The van der Waals surface area contributed by atoms with Crippen LogP contribution in [-0.2, 0) is 13.1 Å². The van der Waals surface area contributed by atoms with Crippen LogP contribution >= 0.6 is 24.0 Å². The van der Waals surface area contributed by atoms with E-state index in [0.29, 0.717) is 6.54 Å². The fraction of sp³-hybridized carbons (Fsp3) is 0.385. The number of hydrogen-bond acceptors (Lipinski definition) is 4. The Bertz CT molecular complexity index is 1030. The topological polar surface area (TPSA) is 66.7 Å². The third-order valence-electron chi connectivity index (χ3n) is 6.22. The Kier molecular flexibility index (Phi) is 10.2. The van der Waals surface area contributed by atoms with Gasteiger partial charge in [-0.3, -0.25) is 14.6 Å². The second-order valence-corrected chi connectivity index (χ2v) is 8.28. The van der Waals surface area contributed by atoms with Crippen molar-refractivity contribution in [1.29, 1.82) is 0 Å². The largest absolute Gasteiger partial charge is 0.496 e. The molecular formula is C26H35IN6O. The van der Waals surface area contributed by atoms with Gasteiger partial charge in [-0.2, -0.15) is 5.10 Å². The summed E-state index contributed by atoms with van der Waals surface area (Å²) in [6, 6.07) is 19.0. The highest BCUT2D eigenvalue weighted by Gasteiger charge is 2.26. The Hall–Kier alpha value is -2.59. The zero-order valence-corrected chi connectivity index (χ0v) is 22.3. The minimum absolute atomic E-state index is 0. The van der Waals surface area contributed by atoms with E-state index in [1.54, 1.807) is 7.11 Å². The second-order valence-electron chi connectivity index (χ2n) is 8.28. The van der Waals surface area contributed by atoms with Crippen molar-refractivity contribution in [3.8, 4) is 5.75 Å². The molecule has 0 radical (unpaired) electrons. The molecule has 3 aromatic rings. The van der Waals surface area contributed by atoms with Gasteiger partial charge in [0.2, 0.25) is 0 Å². The molecular weight excluding hydrogens is 539 g/mol. The van der Waals surface area contributed by atoms with Gasteiger partial charge >= 0.3 is 0 Å². The molecule has 8 heteroatoms. The molecule has 1 aliphatic heterocycles. The predicted molar refractivity (Wildman–Crippen MR) is 148 cm³/mol. The summed E-state index contributed by atoms with van der Waals surface area (Å²) in [5.41, 5.74) is 3.69. The highest BCUT2D eigenvalue weighted by Crippen LogP contribution is 2.31. The van der Waals surface area contributed by atoms with Gasteiger partial charge in [0.25, 0.3) is 0 Å². The van der Waals surface area contributed by atoms with Crippen LogP contribution in [0.3, 0.4) is 0 Å². The van der Waals surface area contributed by atoms with E-state index in [2.05, 4.69) is 62.0 Å². The first kappa shape index (κ1) is 26.0. The molecule has 1 aromatic heterocycles. The monoisotopic (exact) mass is 574 g/mol. The number of guanidine groups is 1. The van der Waals surface area contributed by atoms with E-state index in [1.807, 2.05) is 42.3 Å². The van der Waals surface area contributed by atoms with E-state index in [9.17, 15) is 0 Å². The summed E-state index contributed by atoms with van der Waals surface area (Å²) >= 11 is 0. The van der Waals surface area contributed by atoms with Crippen LogP contribution in [0.1, 0.15) is 35.6 Å². The fourth-order valence-corrected chi connectivity index (χ4v) is 4.48. The molecule has 1 fully saturated rings. The number of likely N-dealkylation sites (tertiary alicyclic amines) is 1. The van der Waals surface area contributed by atoms with Crippen LogP contribution < -0.4 is 15.4 Å². The van der Waals surface area contributed by atoms with Gasteiger partial charge in [-0.15, -0.1) is 24.0 Å². The molecule has 2 N–H and O–H groups in total. The molecule has 34 heavy (non-hydrogen) atoms. The molecule has 0 aliphatic carbocycles. The first-order valence-electron chi connectivity index (χ1n) is 11.6. The van der Waals surface area contributed by atoms with Gasteiger partial charge in [0.1, 0.15) is 5.75 Å². The number of ether oxygens (including phenoxy) is 1. The first-order chi connectivity index (χ1) is 16.3. The quantitative estimate of drug-likeness (QED) is 0.229. The Morgan fingerprint density at radius 1 is 1.03 bits per heavy atom. The Morgan fingerprint density at radius 2 is 1.76 bits per heavy atom. The van der Waals surface area contributed by atoms with Crippen molar-refractivity contribution >= 4 is 29.9 Å². The Balaban J connectivity index is 0.00000324. The third-order valence-corrected chi connectivity index (χ3v) is 6.22. The van der Waals surface area contributed by atoms with E-state index in [4.69, 9.17) is 4.74 Å². The van der Waals surface area contributed by atoms with E-state index >= 15 is 0 Å². The zero-order valence-electron chi connectivity index (χ0n) is 20.0. The molecule has 1 unspecified atom stereocenters. The Morgan fingerprint density at radius 3 is 2.47 bits per heavy atom. The number of halogens is 1. The van der Waals surface area contributed by atoms with Gasteiger partial charge in [0, 0.05) is 38.1 Å². The maximum absolute atomic E-state index is 5.67. The van der Waals surface area contributed by atoms with Gasteiger partial charge in [0.05, 0.1) is 19.7 Å². The van der Waals surface area contributed by atoms with E-state index in [0.717, 1.165) is 37.9 Å². The highest BCUT2D eigenvalue weighted by molar-refractivity contribution is 14.0. The van der Waals surface area contributed by atoms with Crippen LogP contribution in [0.25, 0.3) is 0 Å². The number of nitrogens with one attached hydrogen (secondary N) is 2. The van der Waals surface area contributed by atoms with Crippen molar-refractivity contribution in [1.82, 2.24) is 25.3 Å². The van der Waals surface area contributed by atoms with Gasteiger partial charge in [0.15, 0.2) is 5.96 Å². The van der Waals surface area contributed by atoms with Crippen LogP contribution in [0.2, 0.25) is 0 Å². The number of aliphatic imine (C=N–C) groups is 1. The molecule has 0 bridgehead atoms. The second kappa shape index (κ2) is 13.3. The van der Waals surface area contributed by atoms with Crippen molar-refractivity contribution in [2.24, 2.45) is 4.99 Å². The van der Waals surface area contributed by atoms with Crippen molar-refractivity contribution in [2.45, 2.75) is 32.0 Å². The summed E-state index contributed by atoms with van der Waals surface area (Å²) < 4.78 is 7.62. The number of hydrogen-bond donors (Lipinski definition) is 2. The summed E-state index contributed by atoms with van der Waals surface area (Å²) in [7, 11) is 3.56. The molecule has 1 atom stereocenters. The van der Waals surface area contributed by atoms with Crippen LogP contribution in [0, 0.1) is 0 Å². The molecule has 4 rings (SSSR count). The number of aromatic nitrogens is 2. The average Bonchev–Trinajstić information content (AvgIpc) is 3.57. The maximum atomic E-state index is 5.67. The summed E-state index contributed by atoms with van der Waals surface area (Å²) in [6.45, 7) is 4.42. The molecule has 1 saturated heterocycles. The van der Waals surface area contributed by atoms with Crippen molar-refractivity contribution in [3.63, 3.8) is 0 Å². The van der Waals surface area contributed by atoms with Gasteiger partial charge in [-0.1, -0.05) is 42.5 Å². The lowest BCUT2D eigenvalue weighted by Crippen LogP contribution is -2.42. The van der Waals surface area contributed by atoms with Crippen molar-refractivity contribution in [2.75, 3.05) is 33.8 Å². The van der Waals surface area contributed by atoms with Gasteiger partial charge < -0.3 is 15.4 Å². The minimum Gasteiger partial charge on any atom is -0.496 e.